The van der Waals surface area contributed by atoms with Gasteiger partial charge in [-0.15, -0.1) is 0 Å². The molecule has 0 saturated carbocycles. The molecule has 1 saturated heterocycles. The Balaban J connectivity index is 1.69. The van der Waals surface area contributed by atoms with Crippen molar-refractivity contribution in [1.82, 2.24) is 0 Å². The van der Waals surface area contributed by atoms with E-state index in [0.29, 0.717) is 13.2 Å². The van der Waals surface area contributed by atoms with Crippen LogP contribution in [0.1, 0.15) is 11.7 Å². The van der Waals surface area contributed by atoms with Crippen molar-refractivity contribution in [3.05, 3.63) is 60.2 Å². The van der Waals surface area contributed by atoms with E-state index in [9.17, 15) is 4.21 Å². The Bertz CT molecular complexity index is 710. The molecule has 0 bridgehead atoms. The van der Waals surface area contributed by atoms with Gasteiger partial charge in [-0.1, -0.05) is 30.3 Å². The summed E-state index contributed by atoms with van der Waals surface area (Å²) in [6, 6.07) is 17.4. The van der Waals surface area contributed by atoms with Crippen molar-refractivity contribution in [2.24, 2.45) is 0 Å². The van der Waals surface area contributed by atoms with Crippen LogP contribution in [0.5, 0.6) is 0 Å². The molecule has 3 atom stereocenters. The minimum Gasteiger partial charge on any atom is -0.375 e. The molecule has 0 N–H and O–H groups in total. The normalized spacial score (nSPS) is 22.5. The van der Waals surface area contributed by atoms with E-state index in [0.717, 1.165) is 26.4 Å². The van der Waals surface area contributed by atoms with E-state index in [1.165, 1.54) is 0 Å². The smallest absolute Gasteiger partial charge is 0.130 e. The van der Waals surface area contributed by atoms with Gasteiger partial charge in [-0.25, -0.2) is 4.21 Å². The topological polar surface area (TPSA) is 35.5 Å². The lowest BCUT2D eigenvalue weighted by molar-refractivity contribution is -0.874. The second-order valence-corrected chi connectivity index (χ2v) is 8.89. The highest BCUT2D eigenvalue weighted by molar-refractivity contribution is 7.85. The van der Waals surface area contributed by atoms with Gasteiger partial charge in [0, 0.05) is 9.79 Å². The summed E-state index contributed by atoms with van der Waals surface area (Å²) in [5, 5.41) is 0. The van der Waals surface area contributed by atoms with Gasteiger partial charge in [0.2, 0.25) is 0 Å². The number of benzene rings is 2. The van der Waals surface area contributed by atoms with Gasteiger partial charge < -0.3 is 14.0 Å². The van der Waals surface area contributed by atoms with E-state index in [4.69, 9.17) is 9.47 Å². The van der Waals surface area contributed by atoms with Crippen LogP contribution in [0.3, 0.4) is 0 Å². The number of ether oxygens (including phenoxy) is 2. The summed E-state index contributed by atoms with van der Waals surface area (Å²) < 4.78 is 25.4. The average Bonchev–Trinajstić information content (AvgIpc) is 2.61. The highest BCUT2D eigenvalue weighted by Crippen LogP contribution is 2.26. The molecular formula is C20H26NO3S+. The Kier molecular flexibility index (Phi) is 5.69. The van der Waals surface area contributed by atoms with Crippen molar-refractivity contribution in [2.45, 2.75) is 22.0 Å². The van der Waals surface area contributed by atoms with Gasteiger partial charge in [-0.2, -0.15) is 0 Å². The third-order valence-electron chi connectivity index (χ3n) is 4.10. The molecule has 0 aromatic heterocycles. The van der Waals surface area contributed by atoms with Gasteiger partial charge in [-0.3, -0.25) is 0 Å². The lowest BCUT2D eigenvalue weighted by Gasteiger charge is -2.34. The third kappa shape index (κ3) is 4.98. The molecule has 134 valence electrons. The fourth-order valence-corrected chi connectivity index (χ4v) is 4.04. The van der Waals surface area contributed by atoms with Crippen molar-refractivity contribution in [3.63, 3.8) is 0 Å². The van der Waals surface area contributed by atoms with Gasteiger partial charge in [0.15, 0.2) is 0 Å². The number of hydrogen-bond donors (Lipinski definition) is 0. The van der Waals surface area contributed by atoms with E-state index in [1.54, 1.807) is 0 Å². The molecular weight excluding hydrogens is 334 g/mol. The fourth-order valence-electron chi connectivity index (χ4n) is 2.99. The predicted octanol–water partition coefficient (Wildman–Crippen LogP) is 3.02. The first kappa shape index (κ1) is 18.3. The Morgan fingerprint density at radius 1 is 0.960 bits per heavy atom. The Morgan fingerprint density at radius 3 is 2.24 bits per heavy atom. The first-order valence-electron chi connectivity index (χ1n) is 8.53. The second-order valence-electron chi connectivity index (χ2n) is 7.41. The van der Waals surface area contributed by atoms with Gasteiger partial charge in [-0.05, 0) is 29.8 Å². The number of likely N-dealkylation sites (N-methyl/N-ethyl adjacent to an activating group) is 1. The zero-order valence-electron chi connectivity index (χ0n) is 15.1. The Morgan fingerprint density at radius 2 is 1.60 bits per heavy atom. The standard InChI is InChI=1S/C20H26NO3S/c1-21(2,3)13-17-14-23-15-20(24-17)16-9-11-19(12-10-16)25(22)18-7-5-4-6-8-18/h4-12,17,20H,13-15H2,1-3H3/q+1/t17-,20+,25?/m1/s1. The van der Waals surface area contributed by atoms with Crippen molar-refractivity contribution in [3.8, 4) is 0 Å². The molecule has 5 heteroatoms. The largest absolute Gasteiger partial charge is 0.375 e. The molecule has 2 aromatic carbocycles. The van der Waals surface area contributed by atoms with Crippen LogP contribution < -0.4 is 0 Å². The van der Waals surface area contributed by atoms with Crippen LogP contribution in [-0.4, -0.2) is 55.7 Å². The molecule has 1 fully saturated rings. The zero-order valence-corrected chi connectivity index (χ0v) is 15.9. The lowest BCUT2D eigenvalue weighted by Crippen LogP contribution is -2.46. The van der Waals surface area contributed by atoms with Crippen molar-refractivity contribution >= 4 is 10.8 Å². The van der Waals surface area contributed by atoms with Crippen LogP contribution in [-0.2, 0) is 20.3 Å². The number of hydrogen-bond acceptors (Lipinski definition) is 3. The van der Waals surface area contributed by atoms with Crippen molar-refractivity contribution in [1.29, 1.82) is 0 Å². The molecule has 2 aromatic rings. The Hall–Kier alpha value is -1.53. The van der Waals surface area contributed by atoms with E-state index in [2.05, 4.69) is 21.1 Å². The summed E-state index contributed by atoms with van der Waals surface area (Å²) in [6.07, 6.45) is 0.0291. The van der Waals surface area contributed by atoms with Gasteiger partial charge >= 0.3 is 0 Å². The highest BCUT2D eigenvalue weighted by atomic mass is 32.2. The maximum absolute atomic E-state index is 12.6. The second kappa shape index (κ2) is 7.79. The zero-order chi connectivity index (χ0) is 17.9. The van der Waals surface area contributed by atoms with E-state index >= 15 is 0 Å². The quantitative estimate of drug-likeness (QED) is 0.769. The van der Waals surface area contributed by atoms with Crippen LogP contribution in [0.2, 0.25) is 0 Å². The van der Waals surface area contributed by atoms with Gasteiger partial charge in [0.05, 0.1) is 45.2 Å². The third-order valence-corrected chi connectivity index (χ3v) is 5.50. The number of rotatable bonds is 5. The number of nitrogens with zero attached hydrogens (tertiary/aromatic N) is 1. The van der Waals surface area contributed by atoms with Gasteiger partial charge in [0.1, 0.15) is 18.8 Å². The van der Waals surface area contributed by atoms with Crippen molar-refractivity contribution < 1.29 is 18.2 Å². The first-order valence-corrected chi connectivity index (χ1v) is 9.68. The SMILES string of the molecule is C[N+](C)(C)C[C@@H]1COC[C@@H](c2ccc(S(=O)c3ccccc3)cc2)O1. The molecule has 1 aliphatic rings. The van der Waals surface area contributed by atoms with Crippen LogP contribution in [0.4, 0.5) is 0 Å². The molecule has 0 aliphatic carbocycles. The maximum Gasteiger partial charge on any atom is 0.130 e. The molecule has 1 heterocycles. The maximum atomic E-state index is 12.6. The molecule has 4 nitrogen and oxygen atoms in total. The first-order chi connectivity index (χ1) is 11.9. The summed E-state index contributed by atoms with van der Waals surface area (Å²) in [6.45, 7) is 2.11. The summed E-state index contributed by atoms with van der Waals surface area (Å²) in [4.78, 5) is 1.62. The molecule has 0 spiro atoms. The minimum atomic E-state index is -1.15. The predicted molar refractivity (Wildman–Crippen MR) is 98.9 cm³/mol. The van der Waals surface area contributed by atoms with E-state index in [1.807, 2.05) is 54.6 Å². The highest BCUT2D eigenvalue weighted by Gasteiger charge is 2.28. The van der Waals surface area contributed by atoms with Crippen LogP contribution in [0.15, 0.2) is 64.4 Å². The summed E-state index contributed by atoms with van der Waals surface area (Å²) in [5.74, 6) is 0. The summed E-state index contributed by atoms with van der Waals surface area (Å²) in [5.41, 5.74) is 1.07. The van der Waals surface area contributed by atoms with Gasteiger partial charge in [0.25, 0.3) is 0 Å². The lowest BCUT2D eigenvalue weighted by atomic mass is 10.1. The van der Waals surface area contributed by atoms with Crippen LogP contribution >= 0.6 is 0 Å². The fraction of sp³-hybridized carbons (Fsp3) is 0.400. The Labute approximate surface area is 152 Å². The van der Waals surface area contributed by atoms with Crippen LogP contribution in [0, 0.1) is 0 Å². The molecule has 25 heavy (non-hydrogen) atoms. The molecule has 1 aliphatic heterocycles. The summed E-state index contributed by atoms with van der Waals surface area (Å²) in [7, 11) is 5.31. The average molecular weight is 360 g/mol. The monoisotopic (exact) mass is 360 g/mol. The molecule has 1 unspecified atom stereocenters. The molecule has 0 radical (unpaired) electrons. The van der Waals surface area contributed by atoms with E-state index < -0.39 is 10.8 Å². The minimum absolute atomic E-state index is 0.0653. The van der Waals surface area contributed by atoms with Crippen molar-refractivity contribution in [2.75, 3.05) is 40.9 Å². The summed E-state index contributed by atoms with van der Waals surface area (Å²) >= 11 is 0. The van der Waals surface area contributed by atoms with E-state index in [-0.39, 0.29) is 12.2 Å². The van der Waals surface area contributed by atoms with Crippen LogP contribution in [0.25, 0.3) is 0 Å². The molecule has 3 rings (SSSR count). The molecule has 0 amide bonds. The number of quaternary nitrogens is 1.